The van der Waals surface area contributed by atoms with Gasteiger partial charge in [0.25, 0.3) is 0 Å². The fourth-order valence-corrected chi connectivity index (χ4v) is 1.39. The normalized spacial score (nSPS) is 10.4. The molecule has 3 N–H and O–H groups in total. The molecule has 2 heterocycles. The van der Waals surface area contributed by atoms with Gasteiger partial charge in [0.15, 0.2) is 5.82 Å². The second kappa shape index (κ2) is 4.36. The highest BCUT2D eigenvalue weighted by atomic mass is 35.5. The molecular formula is C9H11ClN6. The summed E-state index contributed by atoms with van der Waals surface area (Å²) in [6.07, 6.45) is 3.20. The Bertz CT molecular complexity index is 494. The predicted molar refractivity (Wildman–Crippen MR) is 62.0 cm³/mol. The largest absolute Gasteiger partial charge is 0.394 e. The second-order valence-corrected chi connectivity index (χ2v) is 3.58. The van der Waals surface area contributed by atoms with Crippen LogP contribution in [0.4, 0.5) is 11.5 Å². The fourth-order valence-electron chi connectivity index (χ4n) is 1.26. The predicted octanol–water partition coefficient (Wildman–Crippen LogP) is 1.06. The van der Waals surface area contributed by atoms with E-state index in [2.05, 4.69) is 20.4 Å². The van der Waals surface area contributed by atoms with Crippen molar-refractivity contribution in [3.63, 3.8) is 0 Å². The van der Waals surface area contributed by atoms with Crippen LogP contribution in [0.15, 0.2) is 18.5 Å². The lowest BCUT2D eigenvalue weighted by Crippen LogP contribution is -2.08. The molecule has 16 heavy (non-hydrogen) atoms. The minimum atomic E-state index is 0.168. The molecule has 0 saturated carbocycles. The molecule has 0 radical (unpaired) electrons. The smallest absolute Gasteiger partial charge is 0.224 e. The number of hydrogen-bond acceptors (Lipinski definition) is 5. The van der Waals surface area contributed by atoms with Crippen molar-refractivity contribution in [3.05, 3.63) is 29.4 Å². The second-order valence-electron chi connectivity index (χ2n) is 3.24. The average Bonchev–Trinajstić information content (AvgIpc) is 2.66. The van der Waals surface area contributed by atoms with Crippen molar-refractivity contribution < 1.29 is 0 Å². The van der Waals surface area contributed by atoms with Crippen molar-refractivity contribution in [2.24, 2.45) is 7.05 Å². The van der Waals surface area contributed by atoms with Crippen molar-refractivity contribution >= 4 is 23.1 Å². The van der Waals surface area contributed by atoms with Gasteiger partial charge in [0.05, 0.1) is 24.1 Å². The molecule has 0 aliphatic carbocycles. The van der Waals surface area contributed by atoms with E-state index in [1.54, 1.807) is 10.9 Å². The van der Waals surface area contributed by atoms with Gasteiger partial charge in [-0.25, -0.2) is 4.98 Å². The Morgan fingerprint density at radius 1 is 1.56 bits per heavy atom. The van der Waals surface area contributed by atoms with Gasteiger partial charge in [-0.05, 0) is 17.7 Å². The highest BCUT2D eigenvalue weighted by Crippen LogP contribution is 2.16. The van der Waals surface area contributed by atoms with Crippen molar-refractivity contribution in [2.45, 2.75) is 6.54 Å². The van der Waals surface area contributed by atoms with Crippen LogP contribution < -0.4 is 11.1 Å². The quantitative estimate of drug-likeness (QED) is 0.782. The molecule has 0 atom stereocenters. The first kappa shape index (κ1) is 10.7. The maximum absolute atomic E-state index is 5.70. The first-order valence-electron chi connectivity index (χ1n) is 4.65. The van der Waals surface area contributed by atoms with Gasteiger partial charge >= 0.3 is 0 Å². The zero-order chi connectivity index (χ0) is 11.5. The molecule has 2 rings (SSSR count). The van der Waals surface area contributed by atoms with Crippen molar-refractivity contribution in [1.82, 2.24) is 19.7 Å². The number of hydrogen-bond donors (Lipinski definition) is 2. The highest BCUT2D eigenvalue weighted by Gasteiger charge is 2.04. The molecule has 0 aromatic carbocycles. The summed E-state index contributed by atoms with van der Waals surface area (Å²) in [5.41, 5.74) is 7.19. The van der Waals surface area contributed by atoms with E-state index in [1.807, 2.05) is 13.1 Å². The van der Waals surface area contributed by atoms with Crippen LogP contribution in [0, 0.1) is 0 Å². The van der Waals surface area contributed by atoms with Crippen LogP contribution in [0.5, 0.6) is 0 Å². The highest BCUT2D eigenvalue weighted by molar-refractivity contribution is 6.28. The maximum Gasteiger partial charge on any atom is 0.224 e. The zero-order valence-corrected chi connectivity index (χ0v) is 9.44. The lowest BCUT2D eigenvalue weighted by Gasteiger charge is -2.07. The molecule has 2 aromatic heterocycles. The van der Waals surface area contributed by atoms with Gasteiger partial charge in [-0.3, -0.25) is 4.68 Å². The summed E-state index contributed by atoms with van der Waals surface area (Å²) < 4.78 is 1.77. The van der Waals surface area contributed by atoms with Crippen molar-refractivity contribution in [3.8, 4) is 0 Å². The summed E-state index contributed by atoms with van der Waals surface area (Å²) in [7, 11) is 1.87. The van der Waals surface area contributed by atoms with E-state index in [4.69, 9.17) is 17.3 Å². The molecule has 0 saturated heterocycles. The Labute approximate surface area is 97.5 Å². The summed E-state index contributed by atoms with van der Waals surface area (Å²) >= 11 is 5.67. The van der Waals surface area contributed by atoms with Gasteiger partial charge in [-0.2, -0.15) is 10.1 Å². The standard InChI is InChI=1S/C9H11ClN6/c1-16-6(2-3-14-16)4-12-8-7(11)5-13-9(10)15-8/h2-3,5H,4,11H2,1H3,(H,12,13,15). The van der Waals surface area contributed by atoms with E-state index >= 15 is 0 Å². The number of rotatable bonds is 3. The fraction of sp³-hybridized carbons (Fsp3) is 0.222. The third kappa shape index (κ3) is 2.22. The van der Waals surface area contributed by atoms with Crippen LogP contribution in [-0.2, 0) is 13.6 Å². The minimum Gasteiger partial charge on any atom is -0.394 e. The summed E-state index contributed by atoms with van der Waals surface area (Å²) in [4.78, 5) is 7.76. The van der Waals surface area contributed by atoms with Crippen LogP contribution in [0.1, 0.15) is 5.69 Å². The number of nitrogens with two attached hydrogens (primary N) is 1. The molecule has 0 aliphatic heterocycles. The van der Waals surface area contributed by atoms with Crippen molar-refractivity contribution in [1.29, 1.82) is 0 Å². The Balaban J connectivity index is 2.10. The van der Waals surface area contributed by atoms with Crippen molar-refractivity contribution in [2.75, 3.05) is 11.1 Å². The number of aryl methyl sites for hydroxylation is 1. The van der Waals surface area contributed by atoms with E-state index < -0.39 is 0 Å². The Kier molecular flexibility index (Phi) is 2.91. The van der Waals surface area contributed by atoms with Crippen LogP contribution in [-0.4, -0.2) is 19.7 Å². The Hall–Kier alpha value is -1.82. The molecule has 2 aromatic rings. The third-order valence-corrected chi connectivity index (χ3v) is 2.33. The van der Waals surface area contributed by atoms with Crippen LogP contribution in [0.25, 0.3) is 0 Å². The van der Waals surface area contributed by atoms with Gasteiger partial charge in [0, 0.05) is 13.2 Å². The maximum atomic E-state index is 5.70. The molecule has 0 aliphatic rings. The summed E-state index contributed by atoms with van der Waals surface area (Å²) in [5, 5.41) is 7.30. The van der Waals surface area contributed by atoms with Crippen LogP contribution in [0.3, 0.4) is 0 Å². The van der Waals surface area contributed by atoms with Gasteiger partial charge in [-0.1, -0.05) is 0 Å². The molecule has 0 fully saturated rings. The molecule has 7 heteroatoms. The Morgan fingerprint density at radius 3 is 3.06 bits per heavy atom. The number of nitrogen functional groups attached to an aromatic ring is 1. The third-order valence-electron chi connectivity index (χ3n) is 2.15. The molecule has 0 spiro atoms. The molecule has 84 valence electrons. The van der Waals surface area contributed by atoms with Gasteiger partial charge < -0.3 is 11.1 Å². The Morgan fingerprint density at radius 2 is 2.38 bits per heavy atom. The monoisotopic (exact) mass is 238 g/mol. The summed E-state index contributed by atoms with van der Waals surface area (Å²) in [5.74, 6) is 0.529. The lowest BCUT2D eigenvalue weighted by molar-refractivity contribution is 0.720. The summed E-state index contributed by atoms with van der Waals surface area (Å²) in [6.45, 7) is 0.577. The molecule has 6 nitrogen and oxygen atoms in total. The number of nitrogens with one attached hydrogen (secondary N) is 1. The number of anilines is 2. The first-order chi connectivity index (χ1) is 7.66. The van der Waals surface area contributed by atoms with Crippen LogP contribution >= 0.6 is 11.6 Å². The van der Waals surface area contributed by atoms with Crippen LogP contribution in [0.2, 0.25) is 5.28 Å². The van der Waals surface area contributed by atoms with E-state index in [1.165, 1.54) is 6.20 Å². The summed E-state index contributed by atoms with van der Waals surface area (Å²) in [6, 6.07) is 1.91. The van der Waals surface area contributed by atoms with Gasteiger partial charge in [-0.15, -0.1) is 0 Å². The number of aromatic nitrogens is 4. The minimum absolute atomic E-state index is 0.168. The number of nitrogens with zero attached hydrogens (tertiary/aromatic N) is 4. The topological polar surface area (TPSA) is 81.7 Å². The molecular weight excluding hydrogens is 228 g/mol. The first-order valence-corrected chi connectivity index (χ1v) is 5.03. The van der Waals surface area contributed by atoms with Gasteiger partial charge in [0.1, 0.15) is 0 Å². The average molecular weight is 239 g/mol. The molecule has 0 bridgehead atoms. The zero-order valence-electron chi connectivity index (χ0n) is 8.68. The lowest BCUT2D eigenvalue weighted by atomic mass is 10.4. The van der Waals surface area contributed by atoms with Gasteiger partial charge in [0.2, 0.25) is 5.28 Å². The SMILES string of the molecule is Cn1nccc1CNc1nc(Cl)ncc1N. The van der Waals surface area contributed by atoms with E-state index in [-0.39, 0.29) is 5.28 Å². The van der Waals surface area contributed by atoms with E-state index in [9.17, 15) is 0 Å². The van der Waals surface area contributed by atoms with E-state index in [0.29, 0.717) is 18.1 Å². The molecule has 0 unspecified atom stereocenters. The molecule has 0 amide bonds. The number of halogens is 1. The van der Waals surface area contributed by atoms with E-state index in [0.717, 1.165) is 5.69 Å².